The van der Waals surface area contributed by atoms with E-state index in [-0.39, 0.29) is 11.9 Å². The number of rotatable bonds is 4. The predicted octanol–water partition coefficient (Wildman–Crippen LogP) is 2.75. The maximum Gasteiger partial charge on any atom is 0.166 e. The molecule has 1 saturated heterocycles. The van der Waals surface area contributed by atoms with Gasteiger partial charge in [0.05, 0.1) is 7.11 Å². The second kappa shape index (κ2) is 5.65. The molecule has 1 atom stereocenters. The van der Waals surface area contributed by atoms with Crippen molar-refractivity contribution in [1.29, 1.82) is 0 Å². The van der Waals surface area contributed by atoms with E-state index < -0.39 is 0 Å². The molecule has 4 heteroatoms. The summed E-state index contributed by atoms with van der Waals surface area (Å²) in [5, 5.41) is 0. The van der Waals surface area contributed by atoms with E-state index in [9.17, 15) is 4.79 Å². The quantitative estimate of drug-likeness (QED) is 0.857. The van der Waals surface area contributed by atoms with Gasteiger partial charge in [0.2, 0.25) is 0 Å². The molecule has 0 radical (unpaired) electrons. The average Bonchev–Trinajstić information content (AvgIpc) is 2.83. The summed E-state index contributed by atoms with van der Waals surface area (Å²) in [6, 6.07) is 5.69. The van der Waals surface area contributed by atoms with Gasteiger partial charge in [0.25, 0.3) is 0 Å². The van der Waals surface area contributed by atoms with Gasteiger partial charge in [-0.1, -0.05) is 15.9 Å². The van der Waals surface area contributed by atoms with Crippen molar-refractivity contribution in [2.24, 2.45) is 0 Å². The minimum absolute atomic E-state index is 0.138. The first kappa shape index (κ1) is 12.6. The van der Waals surface area contributed by atoms with Gasteiger partial charge in [0.15, 0.2) is 5.78 Å². The molecule has 1 unspecified atom stereocenters. The predicted molar refractivity (Wildman–Crippen MR) is 68.4 cm³/mol. The topological polar surface area (TPSA) is 35.5 Å². The first-order chi connectivity index (χ1) is 8.20. The van der Waals surface area contributed by atoms with Gasteiger partial charge in [0.1, 0.15) is 11.9 Å². The third-order valence-electron chi connectivity index (χ3n) is 2.90. The Hall–Kier alpha value is -0.870. The Labute approximate surface area is 109 Å². The van der Waals surface area contributed by atoms with Gasteiger partial charge < -0.3 is 9.47 Å². The van der Waals surface area contributed by atoms with Gasteiger partial charge in [-0.25, -0.2) is 0 Å². The molecule has 0 saturated carbocycles. The zero-order valence-electron chi connectivity index (χ0n) is 9.74. The van der Waals surface area contributed by atoms with Crippen molar-refractivity contribution in [2.45, 2.75) is 25.4 Å². The largest absolute Gasteiger partial charge is 0.496 e. The van der Waals surface area contributed by atoms with Crippen molar-refractivity contribution in [1.82, 2.24) is 0 Å². The Morgan fingerprint density at radius 1 is 1.59 bits per heavy atom. The summed E-state index contributed by atoms with van der Waals surface area (Å²) in [6.07, 6.45) is 1.97. The Kier molecular flexibility index (Phi) is 4.18. The molecule has 1 aliphatic rings. The van der Waals surface area contributed by atoms with Crippen LogP contribution in [0.2, 0.25) is 0 Å². The highest BCUT2D eigenvalue weighted by Gasteiger charge is 2.24. The monoisotopic (exact) mass is 298 g/mol. The Morgan fingerprint density at radius 3 is 3.06 bits per heavy atom. The zero-order chi connectivity index (χ0) is 12.3. The number of hydrogen-bond acceptors (Lipinski definition) is 3. The Morgan fingerprint density at radius 2 is 2.41 bits per heavy atom. The lowest BCUT2D eigenvalue weighted by Crippen LogP contribution is -2.21. The maximum absolute atomic E-state index is 12.0. The summed E-state index contributed by atoms with van der Waals surface area (Å²) in [4.78, 5) is 12.0. The van der Waals surface area contributed by atoms with E-state index in [2.05, 4.69) is 15.9 Å². The molecule has 0 amide bonds. The number of Topliss-reactive ketones (excluding diaryl/α,β-unsaturated/α-hetero) is 1. The summed E-state index contributed by atoms with van der Waals surface area (Å²) in [6.45, 7) is 0.700. The molecule has 92 valence electrons. The molecule has 17 heavy (non-hydrogen) atoms. The molecule has 3 nitrogen and oxygen atoms in total. The van der Waals surface area contributed by atoms with E-state index in [1.54, 1.807) is 7.11 Å². The summed E-state index contributed by atoms with van der Waals surface area (Å²) < 4.78 is 11.6. The molecular weight excluding hydrogens is 284 g/mol. The molecular formula is C13H15BrO3. The van der Waals surface area contributed by atoms with Gasteiger partial charge in [-0.3, -0.25) is 4.79 Å². The molecule has 1 heterocycles. The molecule has 0 bridgehead atoms. The summed E-state index contributed by atoms with van der Waals surface area (Å²) in [7, 11) is 1.61. The van der Waals surface area contributed by atoms with Crippen molar-refractivity contribution in [3.05, 3.63) is 28.2 Å². The normalized spacial score (nSPS) is 19.3. The van der Waals surface area contributed by atoms with Crippen LogP contribution in [0.5, 0.6) is 5.75 Å². The van der Waals surface area contributed by atoms with Crippen LogP contribution in [-0.4, -0.2) is 25.6 Å². The van der Waals surface area contributed by atoms with Gasteiger partial charge >= 0.3 is 0 Å². The first-order valence-corrected chi connectivity index (χ1v) is 6.46. The van der Waals surface area contributed by atoms with Crippen LogP contribution in [0.3, 0.4) is 0 Å². The molecule has 0 N–H and O–H groups in total. The summed E-state index contributed by atoms with van der Waals surface area (Å²) >= 11 is 3.40. The van der Waals surface area contributed by atoms with Crippen molar-refractivity contribution in [3.8, 4) is 5.75 Å². The second-order valence-corrected chi connectivity index (χ2v) is 5.02. The van der Waals surface area contributed by atoms with Crippen LogP contribution in [0, 0.1) is 0 Å². The number of halogens is 1. The number of ketones is 1. The van der Waals surface area contributed by atoms with Crippen LogP contribution in [0.15, 0.2) is 22.7 Å². The maximum atomic E-state index is 12.0. The van der Waals surface area contributed by atoms with E-state index in [0.29, 0.717) is 13.0 Å². The third-order valence-corrected chi connectivity index (χ3v) is 3.39. The number of methoxy groups -OCH3 is 1. The van der Waals surface area contributed by atoms with E-state index in [1.807, 2.05) is 18.2 Å². The molecule has 1 fully saturated rings. The number of carbonyl (C=O) groups excluding carboxylic acids is 1. The summed E-state index contributed by atoms with van der Waals surface area (Å²) in [5.41, 5.74) is 0.905. The lowest BCUT2D eigenvalue weighted by Gasteiger charge is -2.11. The molecule has 1 aliphatic heterocycles. The van der Waals surface area contributed by atoms with Crippen molar-refractivity contribution < 1.29 is 14.3 Å². The molecule has 0 aromatic heterocycles. The van der Waals surface area contributed by atoms with Gasteiger partial charge in [-0.15, -0.1) is 0 Å². The minimum atomic E-state index is -0.223. The minimum Gasteiger partial charge on any atom is -0.496 e. The van der Waals surface area contributed by atoms with Crippen LogP contribution in [0.1, 0.15) is 18.4 Å². The highest BCUT2D eigenvalue weighted by molar-refractivity contribution is 9.10. The fraction of sp³-hybridized carbons (Fsp3) is 0.462. The van der Waals surface area contributed by atoms with Gasteiger partial charge in [-0.05, 0) is 31.0 Å². The average molecular weight is 299 g/mol. The van der Waals surface area contributed by atoms with Crippen LogP contribution < -0.4 is 4.74 Å². The molecule has 1 aromatic rings. The van der Waals surface area contributed by atoms with Crippen molar-refractivity contribution in [2.75, 3.05) is 13.7 Å². The Bertz CT molecular complexity index is 411. The van der Waals surface area contributed by atoms with Gasteiger partial charge in [0, 0.05) is 23.1 Å². The molecule has 2 rings (SSSR count). The highest BCUT2D eigenvalue weighted by Crippen LogP contribution is 2.25. The van der Waals surface area contributed by atoms with Crippen molar-refractivity contribution in [3.63, 3.8) is 0 Å². The number of carbonyl (C=O) groups is 1. The smallest absolute Gasteiger partial charge is 0.166 e. The van der Waals surface area contributed by atoms with E-state index in [0.717, 1.165) is 28.6 Å². The van der Waals surface area contributed by atoms with Crippen molar-refractivity contribution >= 4 is 21.7 Å². The number of hydrogen-bond donors (Lipinski definition) is 0. The van der Waals surface area contributed by atoms with Crippen LogP contribution in [0.25, 0.3) is 0 Å². The molecule has 0 aliphatic carbocycles. The Balaban J connectivity index is 2.11. The van der Waals surface area contributed by atoms with Gasteiger partial charge in [-0.2, -0.15) is 0 Å². The first-order valence-electron chi connectivity index (χ1n) is 5.67. The van der Waals surface area contributed by atoms with Crippen LogP contribution >= 0.6 is 15.9 Å². The molecule has 1 aromatic carbocycles. The number of benzene rings is 1. The van der Waals surface area contributed by atoms with E-state index in [1.165, 1.54) is 0 Å². The zero-order valence-corrected chi connectivity index (χ0v) is 11.3. The summed E-state index contributed by atoms with van der Waals surface area (Å²) in [5.74, 6) is 0.887. The lowest BCUT2D eigenvalue weighted by molar-refractivity contribution is -0.127. The van der Waals surface area contributed by atoms with E-state index in [4.69, 9.17) is 9.47 Å². The number of ether oxygens (including phenoxy) is 2. The van der Waals surface area contributed by atoms with E-state index >= 15 is 0 Å². The fourth-order valence-corrected chi connectivity index (χ4v) is 2.43. The standard InChI is InChI=1S/C13H15BrO3/c1-16-12-5-4-10(14)7-9(12)8-11(15)13-3-2-6-17-13/h4-5,7,13H,2-3,6,8H2,1H3. The van der Waals surface area contributed by atoms with Crippen LogP contribution in [0.4, 0.5) is 0 Å². The second-order valence-electron chi connectivity index (χ2n) is 4.10. The highest BCUT2D eigenvalue weighted by atomic mass is 79.9. The van der Waals surface area contributed by atoms with Crippen LogP contribution in [-0.2, 0) is 16.0 Å². The lowest BCUT2D eigenvalue weighted by atomic mass is 10.0. The fourth-order valence-electron chi connectivity index (χ4n) is 2.02. The SMILES string of the molecule is COc1ccc(Br)cc1CC(=O)C1CCCO1. The molecule has 0 spiro atoms. The third kappa shape index (κ3) is 3.07.